The molecule has 0 fully saturated rings. The Kier molecular flexibility index (Phi) is 6.09. The highest BCUT2D eigenvalue weighted by atomic mass is 19.4. The normalized spacial score (nSPS) is 12.7. The number of nitrogens with one attached hydrogen (secondary N) is 1. The minimum absolute atomic E-state index is 0.0784. The zero-order valence-electron chi connectivity index (χ0n) is 13.6. The van der Waals surface area contributed by atoms with Crippen LogP contribution in [-0.4, -0.2) is 19.9 Å². The van der Waals surface area contributed by atoms with Crippen molar-refractivity contribution in [2.75, 3.05) is 13.7 Å². The minimum atomic E-state index is -4.38. The number of hydrogen-bond acceptors (Lipinski definition) is 3. The van der Waals surface area contributed by atoms with Crippen LogP contribution < -0.4 is 14.8 Å². The van der Waals surface area contributed by atoms with Crippen molar-refractivity contribution in [2.24, 2.45) is 0 Å². The molecule has 1 N–H and O–H groups in total. The smallest absolute Gasteiger partial charge is 0.422 e. The SMILES string of the molecule is COc1cc(CNC(C)c2ccccc2)ccc1OCC(F)(F)F. The van der Waals surface area contributed by atoms with Crippen molar-refractivity contribution in [3.63, 3.8) is 0 Å². The number of rotatable bonds is 7. The van der Waals surface area contributed by atoms with E-state index in [1.165, 1.54) is 13.2 Å². The summed E-state index contributed by atoms with van der Waals surface area (Å²) in [7, 11) is 1.40. The lowest BCUT2D eigenvalue weighted by Crippen LogP contribution is -2.20. The molecular formula is C18H20F3NO2. The van der Waals surface area contributed by atoms with Crippen LogP contribution in [0.5, 0.6) is 11.5 Å². The maximum absolute atomic E-state index is 12.3. The summed E-state index contributed by atoms with van der Waals surface area (Å²) in [6.07, 6.45) is -4.38. The van der Waals surface area contributed by atoms with E-state index in [1.807, 2.05) is 37.3 Å². The van der Waals surface area contributed by atoms with Crippen molar-refractivity contribution in [1.82, 2.24) is 5.32 Å². The monoisotopic (exact) mass is 339 g/mol. The van der Waals surface area contributed by atoms with E-state index in [1.54, 1.807) is 12.1 Å². The summed E-state index contributed by atoms with van der Waals surface area (Å²) in [5.41, 5.74) is 2.06. The van der Waals surface area contributed by atoms with E-state index >= 15 is 0 Å². The van der Waals surface area contributed by atoms with Crippen LogP contribution in [0.15, 0.2) is 48.5 Å². The van der Waals surface area contributed by atoms with Gasteiger partial charge in [-0.3, -0.25) is 0 Å². The van der Waals surface area contributed by atoms with E-state index in [9.17, 15) is 13.2 Å². The Labute approximate surface area is 139 Å². The van der Waals surface area contributed by atoms with Gasteiger partial charge in [-0.15, -0.1) is 0 Å². The Hall–Kier alpha value is -2.21. The first kappa shape index (κ1) is 18.1. The number of halogens is 3. The first-order valence-electron chi connectivity index (χ1n) is 7.54. The Morgan fingerprint density at radius 3 is 2.38 bits per heavy atom. The predicted octanol–water partition coefficient (Wildman–Crippen LogP) is 4.49. The molecule has 0 aliphatic carbocycles. The second-order valence-electron chi connectivity index (χ2n) is 5.40. The topological polar surface area (TPSA) is 30.5 Å². The molecule has 0 aliphatic heterocycles. The quantitative estimate of drug-likeness (QED) is 0.806. The Morgan fingerprint density at radius 1 is 1.04 bits per heavy atom. The van der Waals surface area contributed by atoms with E-state index in [0.717, 1.165) is 11.1 Å². The average Bonchev–Trinajstić information content (AvgIpc) is 2.58. The number of methoxy groups -OCH3 is 1. The van der Waals surface area contributed by atoms with Crippen LogP contribution in [0.2, 0.25) is 0 Å². The summed E-state index contributed by atoms with van der Waals surface area (Å²) in [5.74, 6) is 0.362. The van der Waals surface area contributed by atoms with Gasteiger partial charge in [0.05, 0.1) is 7.11 Å². The molecular weight excluding hydrogens is 319 g/mol. The van der Waals surface area contributed by atoms with Crippen molar-refractivity contribution in [2.45, 2.75) is 25.7 Å². The van der Waals surface area contributed by atoms with Gasteiger partial charge in [0.15, 0.2) is 18.1 Å². The fraction of sp³-hybridized carbons (Fsp3) is 0.333. The van der Waals surface area contributed by atoms with E-state index in [2.05, 4.69) is 5.32 Å². The fourth-order valence-electron chi connectivity index (χ4n) is 2.23. The molecule has 3 nitrogen and oxygen atoms in total. The predicted molar refractivity (Wildman–Crippen MR) is 86.2 cm³/mol. The van der Waals surface area contributed by atoms with E-state index in [0.29, 0.717) is 6.54 Å². The summed E-state index contributed by atoms with van der Waals surface area (Å²) in [6.45, 7) is 1.27. The molecule has 0 aliphatic rings. The van der Waals surface area contributed by atoms with Gasteiger partial charge in [-0.1, -0.05) is 36.4 Å². The lowest BCUT2D eigenvalue weighted by molar-refractivity contribution is -0.153. The van der Waals surface area contributed by atoms with Gasteiger partial charge in [0.1, 0.15) is 0 Å². The molecule has 0 saturated carbocycles. The van der Waals surface area contributed by atoms with Gasteiger partial charge < -0.3 is 14.8 Å². The summed E-state index contributed by atoms with van der Waals surface area (Å²) in [6, 6.07) is 15.0. The molecule has 0 bridgehead atoms. The van der Waals surface area contributed by atoms with Crippen molar-refractivity contribution >= 4 is 0 Å². The third-order valence-electron chi connectivity index (χ3n) is 3.53. The molecule has 2 aromatic rings. The highest BCUT2D eigenvalue weighted by Gasteiger charge is 2.29. The van der Waals surface area contributed by atoms with Crippen LogP contribution >= 0.6 is 0 Å². The standard InChI is InChI=1S/C18H20F3NO2/c1-13(15-6-4-3-5-7-15)22-11-14-8-9-16(17(10-14)23-2)24-12-18(19,20)21/h3-10,13,22H,11-12H2,1-2H3. The van der Waals surface area contributed by atoms with Gasteiger partial charge in [-0.25, -0.2) is 0 Å². The molecule has 6 heteroatoms. The zero-order valence-corrected chi connectivity index (χ0v) is 13.6. The second-order valence-corrected chi connectivity index (χ2v) is 5.40. The molecule has 0 saturated heterocycles. The molecule has 0 spiro atoms. The molecule has 0 amide bonds. The summed E-state index contributed by atoms with van der Waals surface area (Å²) < 4.78 is 46.6. The Bertz CT molecular complexity index is 644. The van der Waals surface area contributed by atoms with Gasteiger partial charge in [0.2, 0.25) is 0 Å². The van der Waals surface area contributed by atoms with Crippen LogP contribution in [-0.2, 0) is 6.54 Å². The number of alkyl halides is 3. The molecule has 0 radical (unpaired) electrons. The average molecular weight is 339 g/mol. The van der Waals surface area contributed by atoms with Crippen LogP contribution in [0.3, 0.4) is 0 Å². The van der Waals surface area contributed by atoms with Gasteiger partial charge in [0, 0.05) is 12.6 Å². The van der Waals surface area contributed by atoms with E-state index < -0.39 is 12.8 Å². The molecule has 2 rings (SSSR count). The third kappa shape index (κ3) is 5.45. The number of ether oxygens (including phenoxy) is 2. The van der Waals surface area contributed by atoms with Gasteiger partial charge in [-0.05, 0) is 30.2 Å². The maximum Gasteiger partial charge on any atom is 0.422 e. The number of benzene rings is 2. The van der Waals surface area contributed by atoms with E-state index in [-0.39, 0.29) is 17.5 Å². The largest absolute Gasteiger partial charge is 0.493 e. The van der Waals surface area contributed by atoms with Crippen molar-refractivity contribution in [3.05, 3.63) is 59.7 Å². The van der Waals surface area contributed by atoms with Crippen LogP contribution in [0.25, 0.3) is 0 Å². The second kappa shape index (κ2) is 8.06. The minimum Gasteiger partial charge on any atom is -0.493 e. The van der Waals surface area contributed by atoms with Crippen LogP contribution in [0.4, 0.5) is 13.2 Å². The molecule has 24 heavy (non-hydrogen) atoms. The summed E-state index contributed by atoms with van der Waals surface area (Å²) in [4.78, 5) is 0. The first-order valence-corrected chi connectivity index (χ1v) is 7.54. The van der Waals surface area contributed by atoms with Crippen LogP contribution in [0.1, 0.15) is 24.1 Å². The molecule has 1 unspecified atom stereocenters. The molecule has 1 atom stereocenters. The van der Waals surface area contributed by atoms with Crippen molar-refractivity contribution in [3.8, 4) is 11.5 Å². The highest BCUT2D eigenvalue weighted by molar-refractivity contribution is 5.43. The Morgan fingerprint density at radius 2 is 1.75 bits per heavy atom. The first-order chi connectivity index (χ1) is 11.4. The fourth-order valence-corrected chi connectivity index (χ4v) is 2.23. The van der Waals surface area contributed by atoms with E-state index in [4.69, 9.17) is 9.47 Å². The summed E-state index contributed by atoms with van der Waals surface area (Å²) >= 11 is 0. The van der Waals surface area contributed by atoms with Gasteiger partial charge in [0.25, 0.3) is 0 Å². The molecule has 130 valence electrons. The van der Waals surface area contributed by atoms with Crippen LogP contribution in [0, 0.1) is 0 Å². The molecule has 0 aromatic heterocycles. The lowest BCUT2D eigenvalue weighted by atomic mass is 10.1. The van der Waals surface area contributed by atoms with Gasteiger partial charge in [-0.2, -0.15) is 13.2 Å². The van der Waals surface area contributed by atoms with Gasteiger partial charge >= 0.3 is 6.18 Å². The van der Waals surface area contributed by atoms with Crippen molar-refractivity contribution in [1.29, 1.82) is 0 Å². The Balaban J connectivity index is 1.99. The highest BCUT2D eigenvalue weighted by Crippen LogP contribution is 2.30. The van der Waals surface area contributed by atoms with Crippen molar-refractivity contribution < 1.29 is 22.6 Å². The molecule has 0 heterocycles. The lowest BCUT2D eigenvalue weighted by Gasteiger charge is -2.16. The third-order valence-corrected chi connectivity index (χ3v) is 3.53. The number of hydrogen-bond donors (Lipinski definition) is 1. The zero-order chi connectivity index (χ0) is 17.6. The summed E-state index contributed by atoms with van der Waals surface area (Å²) in [5, 5.41) is 3.37. The molecule has 2 aromatic carbocycles. The maximum atomic E-state index is 12.3.